The van der Waals surface area contributed by atoms with Crippen molar-refractivity contribution in [3.63, 3.8) is 0 Å². The van der Waals surface area contributed by atoms with E-state index in [4.69, 9.17) is 18.9 Å². The van der Waals surface area contributed by atoms with E-state index in [1.54, 1.807) is 37.4 Å². The Morgan fingerprint density at radius 2 is 1.82 bits per heavy atom. The van der Waals surface area contributed by atoms with Gasteiger partial charge in [0.15, 0.2) is 0 Å². The van der Waals surface area contributed by atoms with Crippen LogP contribution in [0, 0.1) is 0 Å². The van der Waals surface area contributed by atoms with Gasteiger partial charge in [-0.2, -0.15) is 0 Å². The second-order valence-corrected chi connectivity index (χ2v) is 10.9. The Morgan fingerprint density at radius 1 is 1.00 bits per heavy atom. The SMILES string of the molecule is COCCOc1cc2cc(c1)C(=O)NCCNC(=O)N[C@H]1CCN(Cc3ccc(C(=O)O)cc3)C[C@@H]1OCc1cccc(c1)O2. The van der Waals surface area contributed by atoms with Crippen LogP contribution in [0.3, 0.4) is 0 Å². The standard InChI is InChI=1S/C33H38N4O8/c1-42-13-14-43-27-16-25-17-28(18-27)45-26-4-2-3-23(15-26)21-44-30-20-37(19-22-5-7-24(8-6-22)32(39)40)12-9-29(30)36-33(41)35-11-10-34-31(25)38/h2-8,15-18,29-30H,9-14,19-21H2,1H3,(H,34,38)(H,39,40)(H2,35,36,41)/t29-,30-/m0/s1. The van der Waals surface area contributed by atoms with Gasteiger partial charge in [-0.25, -0.2) is 9.59 Å². The van der Waals surface area contributed by atoms with Gasteiger partial charge in [-0.05, 0) is 53.9 Å². The highest BCUT2D eigenvalue weighted by Crippen LogP contribution is 2.29. The Hall–Kier alpha value is -4.65. The number of benzene rings is 3. The van der Waals surface area contributed by atoms with Gasteiger partial charge in [0, 0.05) is 51.5 Å². The van der Waals surface area contributed by atoms with Crippen LogP contribution in [0.15, 0.2) is 66.7 Å². The molecule has 3 aromatic carbocycles. The largest absolute Gasteiger partial charge is 0.491 e. The molecule has 5 rings (SSSR count). The molecule has 4 bridgehead atoms. The number of rotatable bonds is 7. The quantitative estimate of drug-likeness (QED) is 0.293. The number of ether oxygens (including phenoxy) is 4. The van der Waals surface area contributed by atoms with E-state index >= 15 is 0 Å². The maximum atomic E-state index is 13.0. The number of urea groups is 1. The zero-order chi connectivity index (χ0) is 31.6. The first-order valence-electron chi connectivity index (χ1n) is 14.9. The van der Waals surface area contributed by atoms with Crippen LogP contribution < -0.4 is 25.4 Å². The van der Waals surface area contributed by atoms with Gasteiger partial charge in [0.25, 0.3) is 5.91 Å². The van der Waals surface area contributed by atoms with E-state index in [1.165, 1.54) is 0 Å². The lowest BCUT2D eigenvalue weighted by Gasteiger charge is -2.38. The van der Waals surface area contributed by atoms with Gasteiger partial charge in [0.05, 0.1) is 30.9 Å². The minimum absolute atomic E-state index is 0.221. The van der Waals surface area contributed by atoms with Crippen molar-refractivity contribution in [2.24, 2.45) is 0 Å². The summed E-state index contributed by atoms with van der Waals surface area (Å²) in [6, 6.07) is 18.8. The van der Waals surface area contributed by atoms with Gasteiger partial charge in [-0.15, -0.1) is 0 Å². The normalized spacial score (nSPS) is 19.4. The van der Waals surface area contributed by atoms with Crippen molar-refractivity contribution >= 4 is 17.9 Å². The number of hydrogen-bond acceptors (Lipinski definition) is 8. The molecule has 12 nitrogen and oxygen atoms in total. The molecule has 45 heavy (non-hydrogen) atoms. The highest BCUT2D eigenvalue weighted by atomic mass is 16.5. The van der Waals surface area contributed by atoms with Crippen molar-refractivity contribution in [2.45, 2.75) is 31.7 Å². The molecule has 3 amide bonds. The Kier molecular flexibility index (Phi) is 10.9. The van der Waals surface area contributed by atoms with Crippen LogP contribution in [0.2, 0.25) is 0 Å². The molecule has 0 spiro atoms. The molecule has 3 aromatic rings. The summed E-state index contributed by atoms with van der Waals surface area (Å²) >= 11 is 0. The molecule has 1 fully saturated rings. The molecule has 0 aromatic heterocycles. The highest BCUT2D eigenvalue weighted by Gasteiger charge is 2.31. The molecule has 4 N–H and O–H groups in total. The predicted octanol–water partition coefficient (Wildman–Crippen LogP) is 3.40. The first-order chi connectivity index (χ1) is 21.9. The number of carboxylic acids is 1. The number of hydrogen-bond donors (Lipinski definition) is 4. The van der Waals surface area contributed by atoms with Crippen LogP contribution in [0.1, 0.15) is 38.3 Å². The van der Waals surface area contributed by atoms with Crippen molar-refractivity contribution in [3.8, 4) is 17.2 Å². The number of carbonyl (C=O) groups is 3. The summed E-state index contributed by atoms with van der Waals surface area (Å²) in [5, 5.41) is 17.9. The van der Waals surface area contributed by atoms with Crippen LogP contribution in [-0.2, 0) is 22.6 Å². The molecule has 0 aliphatic carbocycles. The Balaban J connectivity index is 1.33. The molecule has 0 saturated carbocycles. The number of carbonyl (C=O) groups excluding carboxylic acids is 2. The summed E-state index contributed by atoms with van der Waals surface area (Å²) < 4.78 is 23.4. The second-order valence-electron chi connectivity index (χ2n) is 10.9. The fourth-order valence-corrected chi connectivity index (χ4v) is 5.27. The van der Waals surface area contributed by atoms with Crippen molar-refractivity contribution in [2.75, 3.05) is 46.5 Å². The van der Waals surface area contributed by atoms with Crippen LogP contribution in [0.25, 0.3) is 0 Å². The minimum atomic E-state index is -0.959. The minimum Gasteiger partial charge on any atom is -0.491 e. The summed E-state index contributed by atoms with van der Waals surface area (Å²) in [6.45, 7) is 3.35. The van der Waals surface area contributed by atoms with E-state index in [9.17, 15) is 19.5 Å². The first kappa shape index (κ1) is 31.8. The molecule has 1 saturated heterocycles. The molecular formula is C33H38N4O8. The number of nitrogens with one attached hydrogen (secondary N) is 3. The van der Waals surface area contributed by atoms with Crippen molar-refractivity contribution in [1.82, 2.24) is 20.9 Å². The smallest absolute Gasteiger partial charge is 0.335 e. The van der Waals surface area contributed by atoms with Crippen molar-refractivity contribution in [1.29, 1.82) is 0 Å². The van der Waals surface area contributed by atoms with Crippen LogP contribution in [0.4, 0.5) is 4.79 Å². The molecule has 2 heterocycles. The third-order valence-electron chi connectivity index (χ3n) is 7.56. The summed E-state index contributed by atoms with van der Waals surface area (Å²) in [6.07, 6.45) is 0.351. The summed E-state index contributed by atoms with van der Waals surface area (Å²) in [5.41, 5.74) is 2.47. The van der Waals surface area contributed by atoms with E-state index in [2.05, 4.69) is 20.9 Å². The number of piperidine rings is 1. The van der Waals surface area contributed by atoms with Crippen LogP contribution in [-0.4, -0.2) is 86.6 Å². The molecule has 12 heteroatoms. The first-order valence-corrected chi connectivity index (χ1v) is 14.9. The Morgan fingerprint density at radius 3 is 2.62 bits per heavy atom. The molecule has 0 radical (unpaired) electrons. The fraction of sp³-hybridized carbons (Fsp3) is 0.364. The third-order valence-corrected chi connectivity index (χ3v) is 7.56. The van der Waals surface area contributed by atoms with E-state index in [1.807, 2.05) is 36.4 Å². The monoisotopic (exact) mass is 618 g/mol. The average Bonchev–Trinajstić information content (AvgIpc) is 3.03. The number of amides is 3. The zero-order valence-corrected chi connectivity index (χ0v) is 25.1. The maximum Gasteiger partial charge on any atom is 0.335 e. The lowest BCUT2D eigenvalue weighted by Crippen LogP contribution is -2.56. The van der Waals surface area contributed by atoms with Crippen molar-refractivity contribution in [3.05, 3.63) is 89.0 Å². The van der Waals surface area contributed by atoms with E-state index in [-0.39, 0.29) is 49.3 Å². The van der Waals surface area contributed by atoms with Gasteiger partial charge in [-0.3, -0.25) is 9.69 Å². The van der Waals surface area contributed by atoms with Crippen LogP contribution >= 0.6 is 0 Å². The topological polar surface area (TPSA) is 148 Å². The highest BCUT2D eigenvalue weighted by molar-refractivity contribution is 5.95. The zero-order valence-electron chi connectivity index (χ0n) is 25.1. The number of aromatic carboxylic acids is 1. The van der Waals surface area contributed by atoms with E-state index in [0.29, 0.717) is 55.5 Å². The summed E-state index contributed by atoms with van der Waals surface area (Å²) in [4.78, 5) is 39.3. The van der Waals surface area contributed by atoms with Crippen LogP contribution in [0.5, 0.6) is 17.2 Å². The van der Waals surface area contributed by atoms with Gasteiger partial charge in [0.1, 0.15) is 23.9 Å². The Bertz CT molecular complexity index is 1480. The third kappa shape index (κ3) is 9.17. The maximum absolute atomic E-state index is 13.0. The lowest BCUT2D eigenvalue weighted by molar-refractivity contribution is -0.0303. The van der Waals surface area contributed by atoms with Gasteiger partial charge >= 0.3 is 12.0 Å². The molecular weight excluding hydrogens is 580 g/mol. The number of methoxy groups -OCH3 is 1. The van der Waals surface area contributed by atoms with Gasteiger partial charge < -0.3 is 40.0 Å². The summed E-state index contributed by atoms with van der Waals surface area (Å²) in [5.74, 6) is 0.187. The molecule has 0 unspecified atom stereocenters. The number of fused-ring (bicyclic) bond motifs is 5. The second kappa shape index (κ2) is 15.4. The number of nitrogens with zero attached hydrogens (tertiary/aromatic N) is 1. The van der Waals surface area contributed by atoms with E-state index in [0.717, 1.165) is 17.7 Å². The Labute approximate surface area is 261 Å². The van der Waals surface area contributed by atoms with Gasteiger partial charge in [0.2, 0.25) is 0 Å². The summed E-state index contributed by atoms with van der Waals surface area (Å²) in [7, 11) is 1.58. The molecule has 238 valence electrons. The molecule has 2 aliphatic rings. The average molecular weight is 619 g/mol. The predicted molar refractivity (Wildman–Crippen MR) is 165 cm³/mol. The number of likely N-dealkylation sites (tertiary alicyclic amines) is 1. The molecule has 2 aliphatic heterocycles. The van der Waals surface area contributed by atoms with Gasteiger partial charge in [-0.1, -0.05) is 24.3 Å². The van der Waals surface area contributed by atoms with E-state index < -0.39 is 5.97 Å². The fourth-order valence-electron chi connectivity index (χ4n) is 5.27. The lowest BCUT2D eigenvalue weighted by atomic mass is 10.0. The number of carboxylic acid groups (broad SMARTS) is 1. The molecule has 2 atom stereocenters. The van der Waals surface area contributed by atoms with Crippen molar-refractivity contribution < 1.29 is 38.4 Å².